The van der Waals surface area contributed by atoms with Crippen LogP contribution in [0.4, 0.5) is 18.9 Å². The molecule has 9 heteroatoms. The summed E-state index contributed by atoms with van der Waals surface area (Å²) >= 11 is 0. The van der Waals surface area contributed by atoms with Crippen LogP contribution in [0.25, 0.3) is 10.9 Å². The molecule has 2 N–H and O–H groups in total. The molecule has 3 aromatic rings. The highest BCUT2D eigenvalue weighted by atomic mass is 19.4. The van der Waals surface area contributed by atoms with Crippen LogP contribution in [0.1, 0.15) is 55.6 Å². The molecule has 3 heterocycles. The molecule has 0 spiro atoms. The molecule has 34 heavy (non-hydrogen) atoms. The van der Waals surface area contributed by atoms with Gasteiger partial charge in [0.2, 0.25) is 6.41 Å². The van der Waals surface area contributed by atoms with Gasteiger partial charge in [0.1, 0.15) is 5.69 Å². The fraction of sp³-hybridized carbons (Fsp3) is 0.480. The van der Waals surface area contributed by atoms with Crippen molar-refractivity contribution in [1.82, 2.24) is 20.1 Å². The Hall–Kier alpha value is -3.10. The van der Waals surface area contributed by atoms with E-state index in [0.717, 1.165) is 37.6 Å². The number of benzene rings is 1. The molecule has 182 valence electrons. The Morgan fingerprint density at radius 2 is 1.88 bits per heavy atom. The summed E-state index contributed by atoms with van der Waals surface area (Å²) in [6.45, 7) is 3.19. The number of halogens is 3. The second-order valence-electron chi connectivity index (χ2n) is 9.02. The van der Waals surface area contributed by atoms with Crippen molar-refractivity contribution < 1.29 is 18.0 Å². The second-order valence-corrected chi connectivity index (χ2v) is 9.02. The first-order valence-electron chi connectivity index (χ1n) is 11.8. The van der Waals surface area contributed by atoms with Crippen LogP contribution in [0, 0.1) is 6.92 Å². The van der Waals surface area contributed by atoms with Gasteiger partial charge in [0.05, 0.1) is 11.2 Å². The van der Waals surface area contributed by atoms with E-state index in [1.54, 1.807) is 24.3 Å². The lowest BCUT2D eigenvalue weighted by Crippen LogP contribution is -2.38. The summed E-state index contributed by atoms with van der Waals surface area (Å²) in [6.07, 6.45) is 3.40. The highest BCUT2D eigenvalue weighted by Crippen LogP contribution is 2.34. The number of anilines is 1. The fourth-order valence-corrected chi connectivity index (χ4v) is 4.79. The first-order chi connectivity index (χ1) is 16.3. The molecule has 1 aliphatic heterocycles. The molecule has 0 radical (unpaired) electrons. The molecule has 2 aromatic heterocycles. The molecule has 2 aliphatic rings. The lowest BCUT2D eigenvalue weighted by atomic mass is 9.91. The number of carbonyl (C=O) groups excluding carboxylic acids is 1. The van der Waals surface area contributed by atoms with Crippen molar-refractivity contribution in [2.45, 2.75) is 76.7 Å². The van der Waals surface area contributed by atoms with E-state index in [4.69, 9.17) is 0 Å². The van der Waals surface area contributed by atoms with Crippen LogP contribution < -0.4 is 10.6 Å². The van der Waals surface area contributed by atoms with E-state index in [0.29, 0.717) is 29.4 Å². The fourth-order valence-electron chi connectivity index (χ4n) is 4.79. The zero-order valence-corrected chi connectivity index (χ0v) is 19.2. The summed E-state index contributed by atoms with van der Waals surface area (Å²) in [6, 6.07) is 10.1. The first kappa shape index (κ1) is 24.0. The number of rotatable bonds is 4. The topological polar surface area (TPSA) is 71.8 Å². The second kappa shape index (κ2) is 10.4. The number of nitrogens with one attached hydrogen (secondary N) is 2. The van der Waals surface area contributed by atoms with Crippen molar-refractivity contribution in [2.24, 2.45) is 0 Å². The van der Waals surface area contributed by atoms with E-state index in [-0.39, 0.29) is 12.1 Å². The van der Waals surface area contributed by atoms with E-state index < -0.39 is 11.9 Å². The van der Waals surface area contributed by atoms with Crippen molar-refractivity contribution in [3.8, 4) is 0 Å². The molecule has 1 fully saturated rings. The summed E-state index contributed by atoms with van der Waals surface area (Å²) in [5.41, 5.74) is 2.43. The van der Waals surface area contributed by atoms with Crippen molar-refractivity contribution in [3.05, 3.63) is 53.5 Å². The lowest BCUT2D eigenvalue weighted by Gasteiger charge is -2.30. The SMILES string of the molecule is Cc1cc2n(n1)CCCC2.O=CNC1CCCC(Nc2cc(C(F)(F)F)nc3ccccc23)C1. The summed E-state index contributed by atoms with van der Waals surface area (Å²) in [7, 11) is 0. The number of hydrogen-bond acceptors (Lipinski definition) is 4. The number of aryl methyl sites for hydroxylation is 3. The molecule has 5 rings (SSSR count). The minimum Gasteiger partial charge on any atom is -0.382 e. The predicted octanol–water partition coefficient (Wildman–Crippen LogP) is 5.25. The van der Waals surface area contributed by atoms with Gasteiger partial charge in [-0.2, -0.15) is 18.3 Å². The molecule has 0 saturated heterocycles. The molecule has 1 amide bonds. The van der Waals surface area contributed by atoms with Gasteiger partial charge in [-0.05, 0) is 70.1 Å². The van der Waals surface area contributed by atoms with E-state index in [1.807, 2.05) is 0 Å². The number of aromatic nitrogens is 3. The largest absolute Gasteiger partial charge is 0.433 e. The van der Waals surface area contributed by atoms with Crippen molar-refractivity contribution >= 4 is 23.0 Å². The Morgan fingerprint density at radius 3 is 2.65 bits per heavy atom. The number of alkyl halides is 3. The summed E-state index contributed by atoms with van der Waals surface area (Å²) in [4.78, 5) is 14.3. The molecular weight excluding hydrogens is 443 g/mol. The van der Waals surface area contributed by atoms with Crippen molar-refractivity contribution in [2.75, 3.05) is 5.32 Å². The minimum atomic E-state index is -4.49. The summed E-state index contributed by atoms with van der Waals surface area (Å²) in [5, 5.41) is 11.0. The molecule has 2 unspecified atom stereocenters. The number of fused-ring (bicyclic) bond motifs is 2. The van der Waals surface area contributed by atoms with Gasteiger partial charge in [0, 0.05) is 35.4 Å². The molecule has 1 aromatic carbocycles. The molecule has 1 aliphatic carbocycles. The Bertz CT molecular complexity index is 1100. The smallest absolute Gasteiger partial charge is 0.382 e. The van der Waals surface area contributed by atoms with Crippen LogP contribution in [0.2, 0.25) is 0 Å². The average Bonchev–Trinajstić information content (AvgIpc) is 3.19. The van der Waals surface area contributed by atoms with Crippen LogP contribution in [-0.4, -0.2) is 33.3 Å². The number of hydrogen-bond donors (Lipinski definition) is 2. The van der Waals surface area contributed by atoms with E-state index in [9.17, 15) is 18.0 Å². The zero-order chi connectivity index (χ0) is 24.1. The maximum absolute atomic E-state index is 13.1. The average molecular weight is 474 g/mol. The maximum Gasteiger partial charge on any atom is 0.433 e. The minimum absolute atomic E-state index is 0.0167. The standard InChI is InChI=1S/C17H18F3N3O.C8H12N2/c18-17(19,20)16-9-15(13-6-1-2-7-14(13)23-16)22-12-5-3-4-11(8-12)21-10-24;1-7-6-8-4-2-3-5-10(8)9-7/h1-2,6-7,9-12H,3-5,8H2,(H,21,24)(H,22,23);6H,2-5H2,1H3. The van der Waals surface area contributed by atoms with Gasteiger partial charge in [-0.15, -0.1) is 0 Å². The number of nitrogens with zero attached hydrogens (tertiary/aromatic N) is 3. The Balaban J connectivity index is 0.000000226. The third kappa shape index (κ3) is 5.87. The predicted molar refractivity (Wildman–Crippen MR) is 126 cm³/mol. The number of pyridine rings is 1. The van der Waals surface area contributed by atoms with Crippen LogP contribution >= 0.6 is 0 Å². The Morgan fingerprint density at radius 1 is 1.09 bits per heavy atom. The van der Waals surface area contributed by atoms with Crippen molar-refractivity contribution in [1.29, 1.82) is 0 Å². The normalized spacial score (nSPS) is 20.1. The quantitative estimate of drug-likeness (QED) is 0.508. The first-order valence-corrected chi connectivity index (χ1v) is 11.8. The number of amides is 1. The third-order valence-electron chi connectivity index (χ3n) is 6.38. The van der Waals surface area contributed by atoms with Crippen LogP contribution in [-0.2, 0) is 23.9 Å². The Labute approximate surface area is 196 Å². The number of para-hydroxylation sites is 1. The van der Waals surface area contributed by atoms with Gasteiger partial charge in [-0.3, -0.25) is 9.48 Å². The highest BCUT2D eigenvalue weighted by molar-refractivity contribution is 5.91. The molecule has 0 bridgehead atoms. The highest BCUT2D eigenvalue weighted by Gasteiger charge is 2.33. The van der Waals surface area contributed by atoms with Crippen LogP contribution in [0.15, 0.2) is 36.4 Å². The van der Waals surface area contributed by atoms with Gasteiger partial charge >= 0.3 is 6.18 Å². The molecule has 1 saturated carbocycles. The van der Waals surface area contributed by atoms with Gasteiger partial charge in [0.15, 0.2) is 0 Å². The maximum atomic E-state index is 13.1. The Kier molecular flexibility index (Phi) is 7.38. The monoisotopic (exact) mass is 473 g/mol. The molecule has 6 nitrogen and oxygen atoms in total. The van der Waals surface area contributed by atoms with Crippen LogP contribution in [0.5, 0.6) is 0 Å². The van der Waals surface area contributed by atoms with Gasteiger partial charge in [-0.1, -0.05) is 18.2 Å². The van der Waals surface area contributed by atoms with Gasteiger partial charge in [0.25, 0.3) is 0 Å². The summed E-state index contributed by atoms with van der Waals surface area (Å²) < 4.78 is 41.4. The van der Waals surface area contributed by atoms with Crippen molar-refractivity contribution in [3.63, 3.8) is 0 Å². The van der Waals surface area contributed by atoms with Gasteiger partial charge in [-0.25, -0.2) is 4.98 Å². The van der Waals surface area contributed by atoms with E-state index in [1.165, 1.54) is 25.0 Å². The van der Waals surface area contributed by atoms with E-state index >= 15 is 0 Å². The van der Waals surface area contributed by atoms with Crippen LogP contribution in [0.3, 0.4) is 0 Å². The third-order valence-corrected chi connectivity index (χ3v) is 6.38. The van der Waals surface area contributed by atoms with Gasteiger partial charge < -0.3 is 10.6 Å². The molecule has 2 atom stereocenters. The number of carbonyl (C=O) groups is 1. The van der Waals surface area contributed by atoms with E-state index in [2.05, 4.69) is 38.4 Å². The lowest BCUT2D eigenvalue weighted by molar-refractivity contribution is -0.140. The molecular formula is C25H30F3N5O. The zero-order valence-electron chi connectivity index (χ0n) is 19.2. The summed E-state index contributed by atoms with van der Waals surface area (Å²) in [5.74, 6) is 0.